The second kappa shape index (κ2) is 6.67. The molecule has 10 nitrogen and oxygen atoms in total. The Labute approximate surface area is 152 Å². The number of aryl methyl sites for hydroxylation is 1. The van der Waals surface area contributed by atoms with Crippen molar-refractivity contribution in [2.75, 3.05) is 10.6 Å². The number of aromatic nitrogens is 6. The van der Waals surface area contributed by atoms with E-state index in [2.05, 4.69) is 30.8 Å². The SMILES string of the molecule is Cn1ccc(C(=O)Nc2cccc(NC(=O)c3nc4ncccn4n3)c2)n1. The molecule has 4 rings (SSSR count). The molecular weight excluding hydrogens is 348 g/mol. The summed E-state index contributed by atoms with van der Waals surface area (Å²) in [6, 6.07) is 10.1. The maximum absolute atomic E-state index is 12.4. The molecule has 0 aliphatic carbocycles. The molecule has 0 aliphatic rings. The van der Waals surface area contributed by atoms with Gasteiger partial charge in [0.15, 0.2) is 5.69 Å². The average Bonchev–Trinajstić information content (AvgIpc) is 3.28. The Morgan fingerprint density at radius 1 is 0.963 bits per heavy atom. The highest BCUT2D eigenvalue weighted by molar-refractivity contribution is 6.04. The van der Waals surface area contributed by atoms with E-state index in [4.69, 9.17) is 0 Å². The van der Waals surface area contributed by atoms with Crippen molar-refractivity contribution in [3.8, 4) is 0 Å². The predicted octanol–water partition coefficient (Wildman–Crippen LogP) is 1.36. The zero-order chi connectivity index (χ0) is 18.8. The predicted molar refractivity (Wildman–Crippen MR) is 96.3 cm³/mol. The van der Waals surface area contributed by atoms with Crippen LogP contribution in [0.5, 0.6) is 0 Å². The van der Waals surface area contributed by atoms with Gasteiger partial charge in [-0.15, -0.1) is 5.10 Å². The van der Waals surface area contributed by atoms with E-state index in [1.54, 1.807) is 66.7 Å². The van der Waals surface area contributed by atoms with Crippen LogP contribution in [0.3, 0.4) is 0 Å². The Morgan fingerprint density at radius 3 is 2.44 bits per heavy atom. The molecule has 0 bridgehead atoms. The Kier molecular flexibility index (Phi) is 4.05. The van der Waals surface area contributed by atoms with Gasteiger partial charge in [-0.1, -0.05) is 6.07 Å². The second-order valence-corrected chi connectivity index (χ2v) is 5.66. The third-order valence-electron chi connectivity index (χ3n) is 3.64. The molecule has 0 fully saturated rings. The number of nitrogens with zero attached hydrogens (tertiary/aromatic N) is 6. The fourth-order valence-corrected chi connectivity index (χ4v) is 2.42. The van der Waals surface area contributed by atoms with Crippen LogP contribution in [0.1, 0.15) is 21.1 Å². The van der Waals surface area contributed by atoms with E-state index in [0.29, 0.717) is 22.8 Å². The topological polar surface area (TPSA) is 119 Å². The Morgan fingerprint density at radius 2 is 1.74 bits per heavy atom. The van der Waals surface area contributed by atoms with Gasteiger partial charge in [0.25, 0.3) is 17.6 Å². The van der Waals surface area contributed by atoms with Crippen molar-refractivity contribution in [1.29, 1.82) is 0 Å². The standard InChI is InChI=1S/C17H14N8O2/c1-24-9-6-13(22-24)15(26)19-11-4-2-5-12(10-11)20-16(27)14-21-17-18-7-3-8-25(17)23-14/h2-10H,1H3,(H,19,26)(H,20,27). The van der Waals surface area contributed by atoms with Gasteiger partial charge in [0.1, 0.15) is 0 Å². The molecule has 1 aromatic carbocycles. The number of nitrogens with one attached hydrogen (secondary N) is 2. The molecular formula is C17H14N8O2. The average molecular weight is 362 g/mol. The first kappa shape index (κ1) is 16.4. The van der Waals surface area contributed by atoms with Crippen molar-refractivity contribution in [2.24, 2.45) is 7.05 Å². The maximum Gasteiger partial charge on any atom is 0.295 e. The van der Waals surface area contributed by atoms with Crippen molar-refractivity contribution in [1.82, 2.24) is 29.4 Å². The fourth-order valence-electron chi connectivity index (χ4n) is 2.42. The minimum absolute atomic E-state index is 0.00313. The molecule has 0 radical (unpaired) electrons. The summed E-state index contributed by atoms with van der Waals surface area (Å²) in [5, 5.41) is 13.6. The first-order valence-corrected chi connectivity index (χ1v) is 7.98. The molecule has 0 unspecified atom stereocenters. The van der Waals surface area contributed by atoms with Gasteiger partial charge in [0.2, 0.25) is 5.82 Å². The smallest absolute Gasteiger partial charge is 0.295 e. The molecule has 0 saturated heterocycles. The second-order valence-electron chi connectivity index (χ2n) is 5.66. The van der Waals surface area contributed by atoms with E-state index in [0.717, 1.165) is 0 Å². The number of hydrogen-bond donors (Lipinski definition) is 2. The van der Waals surface area contributed by atoms with Crippen LogP contribution in [-0.2, 0) is 7.05 Å². The van der Waals surface area contributed by atoms with Gasteiger partial charge in [-0.2, -0.15) is 10.1 Å². The number of benzene rings is 1. The highest BCUT2D eigenvalue weighted by Gasteiger charge is 2.14. The lowest BCUT2D eigenvalue weighted by Crippen LogP contribution is -2.15. The first-order chi connectivity index (χ1) is 13.1. The number of amides is 2. The van der Waals surface area contributed by atoms with E-state index in [9.17, 15) is 9.59 Å². The Bertz CT molecular complexity index is 1110. The largest absolute Gasteiger partial charge is 0.321 e. The van der Waals surface area contributed by atoms with Crippen LogP contribution in [0, 0.1) is 0 Å². The monoisotopic (exact) mass is 362 g/mol. The number of anilines is 2. The quantitative estimate of drug-likeness (QED) is 0.566. The third-order valence-corrected chi connectivity index (χ3v) is 3.64. The van der Waals surface area contributed by atoms with E-state index >= 15 is 0 Å². The van der Waals surface area contributed by atoms with Crippen LogP contribution in [0.15, 0.2) is 55.0 Å². The van der Waals surface area contributed by atoms with Gasteiger partial charge >= 0.3 is 0 Å². The minimum Gasteiger partial charge on any atom is -0.321 e. The summed E-state index contributed by atoms with van der Waals surface area (Å²) in [4.78, 5) is 32.6. The van der Waals surface area contributed by atoms with Crippen molar-refractivity contribution >= 4 is 29.0 Å². The summed E-state index contributed by atoms with van der Waals surface area (Å²) in [5.41, 5.74) is 1.31. The van der Waals surface area contributed by atoms with Gasteiger partial charge < -0.3 is 10.6 Å². The van der Waals surface area contributed by atoms with Crippen molar-refractivity contribution in [2.45, 2.75) is 0 Å². The van der Waals surface area contributed by atoms with Gasteiger partial charge in [-0.3, -0.25) is 14.3 Å². The van der Waals surface area contributed by atoms with E-state index in [1.165, 1.54) is 4.52 Å². The first-order valence-electron chi connectivity index (χ1n) is 7.98. The van der Waals surface area contributed by atoms with Crippen LogP contribution in [0.4, 0.5) is 11.4 Å². The molecule has 3 aromatic heterocycles. The summed E-state index contributed by atoms with van der Waals surface area (Å²) in [6.07, 6.45) is 4.90. The van der Waals surface area contributed by atoms with E-state index < -0.39 is 5.91 Å². The summed E-state index contributed by atoms with van der Waals surface area (Å²) >= 11 is 0. The third kappa shape index (κ3) is 3.49. The number of carbonyl (C=O) groups excluding carboxylic acids is 2. The number of fused-ring (bicyclic) bond motifs is 1. The Balaban J connectivity index is 1.48. The van der Waals surface area contributed by atoms with E-state index in [-0.39, 0.29) is 11.7 Å². The van der Waals surface area contributed by atoms with Crippen molar-refractivity contribution in [3.05, 3.63) is 66.5 Å². The molecule has 2 amide bonds. The highest BCUT2D eigenvalue weighted by Crippen LogP contribution is 2.16. The number of hydrogen-bond acceptors (Lipinski definition) is 6. The lowest BCUT2D eigenvalue weighted by atomic mass is 10.2. The van der Waals surface area contributed by atoms with Crippen LogP contribution in [0.2, 0.25) is 0 Å². The summed E-state index contributed by atoms with van der Waals surface area (Å²) in [7, 11) is 1.73. The minimum atomic E-state index is -0.478. The molecule has 27 heavy (non-hydrogen) atoms. The molecule has 10 heteroatoms. The lowest BCUT2D eigenvalue weighted by molar-refractivity contribution is 0.101. The molecule has 0 saturated carbocycles. The van der Waals surface area contributed by atoms with Gasteiger partial charge in [-0.05, 0) is 30.3 Å². The molecule has 134 valence electrons. The van der Waals surface area contributed by atoms with E-state index in [1.807, 2.05) is 0 Å². The Hall–Kier alpha value is -4.08. The van der Waals surface area contributed by atoms with Gasteiger partial charge in [0.05, 0.1) is 0 Å². The highest BCUT2D eigenvalue weighted by atomic mass is 16.2. The lowest BCUT2D eigenvalue weighted by Gasteiger charge is -2.07. The summed E-state index contributed by atoms with van der Waals surface area (Å²) in [6.45, 7) is 0. The van der Waals surface area contributed by atoms with Crippen molar-refractivity contribution in [3.63, 3.8) is 0 Å². The molecule has 4 aromatic rings. The van der Waals surface area contributed by atoms with Gasteiger partial charge in [0, 0.05) is 37.0 Å². The summed E-state index contributed by atoms with van der Waals surface area (Å²) in [5.74, 6) is -0.489. The van der Waals surface area contributed by atoms with Crippen LogP contribution in [0.25, 0.3) is 5.78 Å². The normalized spacial score (nSPS) is 10.7. The van der Waals surface area contributed by atoms with Gasteiger partial charge in [-0.25, -0.2) is 9.50 Å². The molecule has 0 atom stereocenters. The zero-order valence-corrected chi connectivity index (χ0v) is 14.2. The number of carbonyl (C=O) groups is 2. The molecule has 3 heterocycles. The number of rotatable bonds is 4. The van der Waals surface area contributed by atoms with Crippen LogP contribution in [-0.4, -0.2) is 41.2 Å². The van der Waals surface area contributed by atoms with Crippen LogP contribution < -0.4 is 10.6 Å². The summed E-state index contributed by atoms with van der Waals surface area (Å²) < 4.78 is 2.96. The van der Waals surface area contributed by atoms with Crippen LogP contribution >= 0.6 is 0 Å². The molecule has 0 spiro atoms. The maximum atomic E-state index is 12.4. The molecule has 0 aliphatic heterocycles. The zero-order valence-electron chi connectivity index (χ0n) is 14.2. The fraction of sp³-hybridized carbons (Fsp3) is 0.0588. The molecule has 2 N–H and O–H groups in total. The van der Waals surface area contributed by atoms with Crippen molar-refractivity contribution < 1.29 is 9.59 Å².